The maximum Gasteiger partial charge on any atom is 0.319 e. The Morgan fingerprint density at radius 1 is 1.21 bits per heavy atom. The van der Waals surface area contributed by atoms with E-state index >= 15 is 8.78 Å². The highest BCUT2D eigenvalue weighted by Gasteiger charge is 2.48. The fourth-order valence-corrected chi connectivity index (χ4v) is 9.39. The minimum absolute atomic E-state index is 0.0000168. The number of carbonyl (C=O) groups is 1. The number of aliphatic hydroxyl groups is 1. The number of piperazine rings is 1. The van der Waals surface area contributed by atoms with Gasteiger partial charge in [-0.2, -0.15) is 9.97 Å². The zero-order valence-corrected chi connectivity index (χ0v) is 30.4. The number of carbonyl (C=O) groups excluding carboxylic acids is 1. The van der Waals surface area contributed by atoms with Crippen LogP contribution in [-0.4, -0.2) is 93.0 Å². The van der Waals surface area contributed by atoms with Crippen molar-refractivity contribution >= 4 is 29.2 Å². The highest BCUT2D eigenvalue weighted by atomic mass is 19.1. The highest BCUT2D eigenvalue weighted by molar-refractivity contribution is 5.88. The molecular formula is C41H45F2N7O3. The van der Waals surface area contributed by atoms with Crippen molar-refractivity contribution in [3.63, 3.8) is 0 Å². The molecule has 6 heterocycles. The Morgan fingerprint density at radius 2 is 2.04 bits per heavy atom. The minimum atomic E-state index is -1.08. The SMILES string of the molecule is C#Cc1c(F)ccc2c1N(C1=Cc3nc(OC[C@]4(C)C[C@@H](F)CN4c4cccnc4)nc(N4C[C@H]5CC(C)[C@@H](C4)N5C(=O)C=C)c3CC1)C[C@](C)(O)C2. The van der Waals surface area contributed by atoms with Crippen LogP contribution in [0.15, 0.2) is 55.0 Å². The number of benzene rings is 1. The third-order valence-electron chi connectivity index (χ3n) is 11.8. The van der Waals surface area contributed by atoms with E-state index in [1.165, 1.54) is 12.1 Å². The van der Waals surface area contributed by atoms with Crippen LogP contribution in [0.2, 0.25) is 0 Å². The predicted molar refractivity (Wildman–Crippen MR) is 200 cm³/mol. The van der Waals surface area contributed by atoms with E-state index in [1.54, 1.807) is 25.4 Å². The van der Waals surface area contributed by atoms with Crippen molar-refractivity contribution < 1.29 is 23.4 Å². The molecule has 12 heteroatoms. The van der Waals surface area contributed by atoms with Crippen LogP contribution in [0.4, 0.5) is 26.0 Å². The number of alkyl halides is 1. The summed E-state index contributed by atoms with van der Waals surface area (Å²) in [7, 11) is 0. The average molecular weight is 722 g/mol. The third kappa shape index (κ3) is 6.18. The van der Waals surface area contributed by atoms with Crippen molar-refractivity contribution in [2.45, 2.75) is 82.3 Å². The van der Waals surface area contributed by atoms with Gasteiger partial charge in [0, 0.05) is 43.4 Å². The second-order valence-corrected chi connectivity index (χ2v) is 15.9. The number of hydrogen-bond acceptors (Lipinski definition) is 9. The Labute approximate surface area is 309 Å². The van der Waals surface area contributed by atoms with Crippen LogP contribution in [0.3, 0.4) is 0 Å². The molecule has 1 aromatic carbocycles. The molecule has 0 saturated carbocycles. The minimum Gasteiger partial charge on any atom is -0.461 e. The van der Waals surface area contributed by atoms with Gasteiger partial charge in [-0.05, 0) is 74.9 Å². The number of terminal acetylenes is 1. The molecule has 4 aliphatic heterocycles. The number of hydrogen-bond donors (Lipinski definition) is 1. The van der Waals surface area contributed by atoms with Gasteiger partial charge in [0.05, 0.1) is 65.1 Å². The molecule has 6 atom stereocenters. The average Bonchev–Trinajstić information content (AvgIpc) is 3.56. The first-order valence-electron chi connectivity index (χ1n) is 18.4. The number of aromatic nitrogens is 3. The lowest BCUT2D eigenvalue weighted by molar-refractivity contribution is -0.129. The Kier molecular flexibility index (Phi) is 8.68. The number of anilines is 3. The number of pyridine rings is 1. The van der Waals surface area contributed by atoms with E-state index in [9.17, 15) is 9.90 Å². The van der Waals surface area contributed by atoms with Crippen molar-refractivity contribution in [1.82, 2.24) is 19.9 Å². The summed E-state index contributed by atoms with van der Waals surface area (Å²) in [6, 6.07) is 6.99. The largest absolute Gasteiger partial charge is 0.461 e. The van der Waals surface area contributed by atoms with Crippen molar-refractivity contribution in [3.8, 4) is 18.4 Å². The van der Waals surface area contributed by atoms with Crippen LogP contribution in [0.1, 0.15) is 62.4 Å². The maximum atomic E-state index is 15.1. The summed E-state index contributed by atoms with van der Waals surface area (Å²) in [5.74, 6) is 3.07. The van der Waals surface area contributed by atoms with Gasteiger partial charge < -0.3 is 29.4 Å². The quantitative estimate of drug-likeness (QED) is 0.265. The van der Waals surface area contributed by atoms with E-state index in [0.29, 0.717) is 49.7 Å². The van der Waals surface area contributed by atoms with Crippen LogP contribution in [0.5, 0.6) is 6.01 Å². The lowest BCUT2D eigenvalue weighted by Gasteiger charge is -2.43. The Bertz CT molecular complexity index is 2030. The van der Waals surface area contributed by atoms with Crippen molar-refractivity contribution in [3.05, 3.63) is 83.2 Å². The summed E-state index contributed by atoms with van der Waals surface area (Å²) in [4.78, 5) is 35.4. The van der Waals surface area contributed by atoms with Gasteiger partial charge in [0.2, 0.25) is 5.91 Å². The standard InChI is InChI=1S/C41H45F2N7O3/c1-6-31-33(43)13-10-26-17-41(5,52)23-48(37(26)31)28-11-12-32-34(16-28)45-39(53-24-40(4)18-27(42)20-49(40)29-9-8-14-44-19-29)46-38(32)47-21-30-15-25(3)35(22-47)50(30)36(51)7-2/h1,7-10,13-14,16,19,25,27,30,35,52H,2,11-12,15,17-18,20-24H2,3-5H3/t25?,27-,30-,35-,40+,41-/m1/s1. The van der Waals surface area contributed by atoms with E-state index in [-0.39, 0.29) is 55.7 Å². The summed E-state index contributed by atoms with van der Waals surface area (Å²) in [5.41, 5.74) is 3.05. The number of amides is 1. The molecule has 0 spiro atoms. The molecule has 1 unspecified atom stereocenters. The number of allylic oxidation sites excluding steroid dienone is 1. The zero-order valence-electron chi connectivity index (χ0n) is 30.4. The van der Waals surface area contributed by atoms with E-state index < -0.39 is 23.1 Å². The second-order valence-electron chi connectivity index (χ2n) is 15.9. The van der Waals surface area contributed by atoms with Crippen LogP contribution in [0.25, 0.3) is 6.08 Å². The Morgan fingerprint density at radius 3 is 2.77 bits per heavy atom. The first-order valence-corrected chi connectivity index (χ1v) is 18.4. The molecular weight excluding hydrogens is 676 g/mol. The molecule has 10 nitrogen and oxygen atoms in total. The fourth-order valence-electron chi connectivity index (χ4n) is 9.39. The van der Waals surface area contributed by atoms with Gasteiger partial charge in [0.15, 0.2) is 0 Å². The normalized spacial score (nSPS) is 29.0. The smallest absolute Gasteiger partial charge is 0.319 e. The summed E-state index contributed by atoms with van der Waals surface area (Å²) in [6.45, 7) is 11.5. The molecule has 53 heavy (non-hydrogen) atoms. The third-order valence-corrected chi connectivity index (χ3v) is 11.8. The van der Waals surface area contributed by atoms with Crippen molar-refractivity contribution in [1.29, 1.82) is 0 Å². The molecule has 8 rings (SSSR count). The first kappa shape index (κ1) is 35.0. The monoisotopic (exact) mass is 721 g/mol. The molecule has 5 aliphatic rings. The van der Waals surface area contributed by atoms with Gasteiger partial charge in [-0.1, -0.05) is 25.5 Å². The molecule has 2 bridgehead atoms. The zero-order chi connectivity index (χ0) is 37.2. The van der Waals surface area contributed by atoms with Gasteiger partial charge in [-0.15, -0.1) is 6.42 Å². The van der Waals surface area contributed by atoms with Crippen molar-refractivity contribution in [2.24, 2.45) is 5.92 Å². The number of nitrogens with zero attached hydrogens (tertiary/aromatic N) is 7. The summed E-state index contributed by atoms with van der Waals surface area (Å²) < 4.78 is 36.6. The van der Waals surface area contributed by atoms with E-state index in [4.69, 9.17) is 21.1 Å². The topological polar surface area (TPSA) is 98.2 Å². The van der Waals surface area contributed by atoms with Crippen LogP contribution >= 0.6 is 0 Å². The predicted octanol–water partition coefficient (Wildman–Crippen LogP) is 5.09. The highest BCUT2D eigenvalue weighted by Crippen LogP contribution is 2.43. The second kappa shape index (κ2) is 13.1. The van der Waals surface area contributed by atoms with Gasteiger partial charge in [0.25, 0.3) is 0 Å². The Balaban J connectivity index is 1.19. The molecule has 3 fully saturated rings. The van der Waals surface area contributed by atoms with E-state index in [2.05, 4.69) is 29.3 Å². The van der Waals surface area contributed by atoms with Crippen molar-refractivity contribution in [2.75, 3.05) is 47.5 Å². The Hall–Kier alpha value is -5.02. The molecule has 3 aromatic rings. The number of rotatable bonds is 7. The number of ether oxygens (including phenoxy) is 1. The molecule has 3 saturated heterocycles. The van der Waals surface area contributed by atoms with Gasteiger partial charge in [0.1, 0.15) is 24.4 Å². The lowest BCUT2D eigenvalue weighted by Crippen LogP contribution is -2.56. The van der Waals surface area contributed by atoms with Gasteiger partial charge in [-0.3, -0.25) is 9.78 Å². The van der Waals surface area contributed by atoms with E-state index in [0.717, 1.165) is 34.8 Å². The molecule has 0 radical (unpaired) electrons. The van der Waals surface area contributed by atoms with Crippen LogP contribution in [0, 0.1) is 24.1 Å². The molecule has 1 aliphatic carbocycles. The molecule has 1 N–H and O–H groups in total. The fraction of sp³-hybridized carbons (Fsp3) is 0.463. The number of β-amino-alcohol motifs (C(OH)–C–C–N with tert-alkyl or cyclic N) is 1. The molecule has 276 valence electrons. The van der Waals surface area contributed by atoms with Gasteiger partial charge in [-0.25, -0.2) is 8.78 Å². The summed E-state index contributed by atoms with van der Waals surface area (Å²) in [5, 5.41) is 11.3. The number of halogens is 2. The van der Waals surface area contributed by atoms with Crippen LogP contribution in [-0.2, 0) is 17.6 Å². The first-order chi connectivity index (χ1) is 25.4. The summed E-state index contributed by atoms with van der Waals surface area (Å²) in [6.07, 6.45) is 14.3. The van der Waals surface area contributed by atoms with Crippen LogP contribution < -0.4 is 19.4 Å². The number of fused-ring (bicyclic) bond motifs is 4. The molecule has 2 aromatic heterocycles. The molecule has 1 amide bonds. The summed E-state index contributed by atoms with van der Waals surface area (Å²) >= 11 is 0. The maximum absolute atomic E-state index is 15.1. The van der Waals surface area contributed by atoms with Gasteiger partial charge >= 0.3 is 6.01 Å². The lowest BCUT2D eigenvalue weighted by atomic mass is 9.86. The van der Waals surface area contributed by atoms with E-state index in [1.807, 2.05) is 39.8 Å².